The number of hydrogen-bond acceptors (Lipinski definition) is 1. The molecule has 1 aromatic rings. The van der Waals surface area contributed by atoms with Gasteiger partial charge in [0, 0.05) is 6.20 Å². The average molecular weight is 180 g/mol. The molecule has 0 radical (unpaired) electrons. The third-order valence-electron chi connectivity index (χ3n) is 2.18. The highest BCUT2D eigenvalue weighted by atomic mass is 14.9. The monoisotopic (exact) mass is 180 g/mol. The first kappa shape index (κ1) is 10.3. The number of aromatic nitrogens is 2. The molecule has 74 valence electrons. The fourth-order valence-corrected chi connectivity index (χ4v) is 2.06. The summed E-state index contributed by atoms with van der Waals surface area (Å²) >= 11 is 0. The lowest BCUT2D eigenvalue weighted by Crippen LogP contribution is -2.17. The molecule has 0 atom stereocenters. The summed E-state index contributed by atoms with van der Waals surface area (Å²) in [6.07, 6.45) is 6.05. The van der Waals surface area contributed by atoms with Crippen molar-refractivity contribution in [1.82, 2.24) is 9.97 Å². The normalized spacial score (nSPS) is 12.4. The summed E-state index contributed by atoms with van der Waals surface area (Å²) in [5.41, 5.74) is 1.54. The van der Waals surface area contributed by atoms with Crippen molar-refractivity contribution in [2.75, 3.05) is 0 Å². The topological polar surface area (TPSA) is 28.7 Å². The van der Waals surface area contributed by atoms with E-state index in [2.05, 4.69) is 37.7 Å². The molecule has 0 aliphatic heterocycles. The number of nitrogens with zero attached hydrogens (tertiary/aromatic N) is 1. The van der Waals surface area contributed by atoms with Crippen LogP contribution >= 0.6 is 0 Å². The van der Waals surface area contributed by atoms with Gasteiger partial charge in [-0.25, -0.2) is 4.98 Å². The van der Waals surface area contributed by atoms with Crippen molar-refractivity contribution in [3.05, 3.63) is 18.2 Å². The summed E-state index contributed by atoms with van der Waals surface area (Å²) in [6, 6.07) is 0. The summed E-state index contributed by atoms with van der Waals surface area (Å²) in [5.74, 6) is 0.758. The van der Waals surface area contributed by atoms with Crippen LogP contribution in [-0.2, 0) is 6.42 Å². The van der Waals surface area contributed by atoms with Crippen molar-refractivity contribution in [2.24, 2.45) is 11.3 Å². The van der Waals surface area contributed by atoms with Crippen LogP contribution < -0.4 is 0 Å². The number of imidazole rings is 1. The third-order valence-corrected chi connectivity index (χ3v) is 2.18. The predicted molar refractivity (Wildman–Crippen MR) is 55.5 cm³/mol. The quantitative estimate of drug-likeness (QED) is 0.758. The molecule has 0 bridgehead atoms. The van der Waals surface area contributed by atoms with Gasteiger partial charge in [-0.15, -0.1) is 0 Å². The molecule has 13 heavy (non-hydrogen) atoms. The van der Waals surface area contributed by atoms with Gasteiger partial charge in [-0.1, -0.05) is 27.7 Å². The van der Waals surface area contributed by atoms with Crippen LogP contribution in [-0.4, -0.2) is 9.97 Å². The Bertz CT molecular complexity index is 235. The van der Waals surface area contributed by atoms with Crippen LogP contribution in [0.15, 0.2) is 12.5 Å². The van der Waals surface area contributed by atoms with Crippen molar-refractivity contribution in [3.63, 3.8) is 0 Å². The van der Waals surface area contributed by atoms with Gasteiger partial charge in [0.25, 0.3) is 0 Å². The van der Waals surface area contributed by atoms with Gasteiger partial charge in [0.05, 0.1) is 12.0 Å². The van der Waals surface area contributed by atoms with E-state index in [4.69, 9.17) is 0 Å². The number of hydrogen-bond donors (Lipinski definition) is 1. The Labute approximate surface area is 80.8 Å². The second-order valence-corrected chi connectivity index (χ2v) is 5.00. The molecule has 0 unspecified atom stereocenters. The summed E-state index contributed by atoms with van der Waals surface area (Å²) in [5, 5.41) is 0. The summed E-state index contributed by atoms with van der Waals surface area (Å²) in [4.78, 5) is 7.25. The highest BCUT2D eigenvalue weighted by Crippen LogP contribution is 2.28. The van der Waals surface area contributed by atoms with Crippen LogP contribution in [0.1, 0.15) is 39.8 Å². The molecule has 2 nitrogen and oxygen atoms in total. The Hall–Kier alpha value is -0.790. The Morgan fingerprint density at radius 1 is 1.46 bits per heavy atom. The molecule has 2 heteroatoms. The van der Waals surface area contributed by atoms with Gasteiger partial charge in [0.15, 0.2) is 0 Å². The van der Waals surface area contributed by atoms with Crippen LogP contribution in [0.2, 0.25) is 0 Å². The Morgan fingerprint density at radius 2 is 2.15 bits per heavy atom. The summed E-state index contributed by atoms with van der Waals surface area (Å²) < 4.78 is 0. The van der Waals surface area contributed by atoms with Crippen molar-refractivity contribution in [2.45, 2.75) is 40.5 Å². The van der Waals surface area contributed by atoms with Crippen molar-refractivity contribution in [1.29, 1.82) is 0 Å². The number of nitrogens with one attached hydrogen (secondary N) is 1. The molecule has 0 saturated heterocycles. The Morgan fingerprint density at radius 3 is 2.62 bits per heavy atom. The smallest absolute Gasteiger partial charge is 0.0923 e. The van der Waals surface area contributed by atoms with Crippen molar-refractivity contribution in [3.8, 4) is 0 Å². The standard InChI is InChI=1S/C11H20N2/c1-9(2)5-11(3,4)6-10-7-12-8-13-10/h7-9H,5-6H2,1-4H3,(H,12,13). The van der Waals surface area contributed by atoms with E-state index in [-0.39, 0.29) is 0 Å². The zero-order chi connectivity index (χ0) is 9.90. The second kappa shape index (κ2) is 3.95. The van der Waals surface area contributed by atoms with Gasteiger partial charge in [0.2, 0.25) is 0 Å². The third kappa shape index (κ3) is 3.62. The minimum Gasteiger partial charge on any atom is -0.351 e. The Balaban J connectivity index is 2.51. The lowest BCUT2D eigenvalue weighted by Gasteiger charge is -2.25. The average Bonchev–Trinajstić information content (AvgIpc) is 2.34. The molecular formula is C11H20N2. The van der Waals surface area contributed by atoms with Gasteiger partial charge in [-0.3, -0.25) is 0 Å². The maximum absolute atomic E-state index is 4.25. The molecule has 1 heterocycles. The molecule has 0 aliphatic rings. The van der Waals surface area contributed by atoms with E-state index in [0.717, 1.165) is 12.3 Å². The van der Waals surface area contributed by atoms with E-state index in [0.29, 0.717) is 5.41 Å². The van der Waals surface area contributed by atoms with E-state index < -0.39 is 0 Å². The largest absolute Gasteiger partial charge is 0.351 e. The molecule has 0 amide bonds. The van der Waals surface area contributed by atoms with E-state index in [9.17, 15) is 0 Å². The van der Waals surface area contributed by atoms with Crippen LogP contribution in [0.4, 0.5) is 0 Å². The maximum atomic E-state index is 4.25. The van der Waals surface area contributed by atoms with Gasteiger partial charge >= 0.3 is 0 Å². The molecule has 0 aliphatic carbocycles. The van der Waals surface area contributed by atoms with Crippen molar-refractivity contribution >= 4 is 0 Å². The number of rotatable bonds is 4. The van der Waals surface area contributed by atoms with E-state index >= 15 is 0 Å². The first-order valence-corrected chi connectivity index (χ1v) is 4.97. The summed E-state index contributed by atoms with van der Waals surface area (Å²) in [7, 11) is 0. The molecule has 1 N–H and O–H groups in total. The highest BCUT2D eigenvalue weighted by Gasteiger charge is 2.20. The zero-order valence-corrected chi connectivity index (χ0v) is 9.09. The van der Waals surface area contributed by atoms with E-state index in [1.165, 1.54) is 12.1 Å². The van der Waals surface area contributed by atoms with Crippen LogP contribution in [0.3, 0.4) is 0 Å². The zero-order valence-electron chi connectivity index (χ0n) is 9.09. The molecule has 0 fully saturated rings. The number of H-pyrrole nitrogens is 1. The van der Waals surface area contributed by atoms with Crippen molar-refractivity contribution < 1.29 is 0 Å². The highest BCUT2D eigenvalue weighted by molar-refractivity contribution is 4.98. The molecule has 0 aromatic carbocycles. The molecule has 1 aromatic heterocycles. The van der Waals surface area contributed by atoms with Crippen LogP contribution in [0.5, 0.6) is 0 Å². The van der Waals surface area contributed by atoms with Crippen LogP contribution in [0, 0.1) is 11.3 Å². The lowest BCUT2D eigenvalue weighted by molar-refractivity contribution is 0.283. The minimum absolute atomic E-state index is 0.364. The molecular weight excluding hydrogens is 160 g/mol. The van der Waals surface area contributed by atoms with E-state index in [1.54, 1.807) is 6.33 Å². The van der Waals surface area contributed by atoms with E-state index in [1.807, 2.05) is 6.20 Å². The Kier molecular flexibility index (Phi) is 3.12. The van der Waals surface area contributed by atoms with Gasteiger partial charge in [-0.2, -0.15) is 0 Å². The first-order chi connectivity index (χ1) is 5.99. The predicted octanol–water partition coefficient (Wildman–Crippen LogP) is 3.02. The SMILES string of the molecule is CC(C)CC(C)(C)Cc1c[nH]cn1. The molecule has 0 saturated carbocycles. The fourth-order valence-electron chi connectivity index (χ4n) is 2.06. The van der Waals surface area contributed by atoms with Gasteiger partial charge in [-0.05, 0) is 24.2 Å². The lowest BCUT2D eigenvalue weighted by atomic mass is 9.80. The maximum Gasteiger partial charge on any atom is 0.0923 e. The minimum atomic E-state index is 0.364. The van der Waals surface area contributed by atoms with Crippen LogP contribution in [0.25, 0.3) is 0 Å². The molecule has 0 spiro atoms. The second-order valence-electron chi connectivity index (χ2n) is 5.00. The summed E-state index contributed by atoms with van der Waals surface area (Å²) in [6.45, 7) is 9.15. The fraction of sp³-hybridized carbons (Fsp3) is 0.727. The first-order valence-electron chi connectivity index (χ1n) is 4.97. The van der Waals surface area contributed by atoms with Gasteiger partial charge < -0.3 is 4.98 Å². The number of aromatic amines is 1. The molecule has 1 rings (SSSR count). The van der Waals surface area contributed by atoms with Gasteiger partial charge in [0.1, 0.15) is 0 Å².